The Morgan fingerprint density at radius 3 is 2.68 bits per heavy atom. The van der Waals surface area contributed by atoms with Gasteiger partial charge in [-0.1, -0.05) is 12.8 Å². The SMILES string of the molecule is CCNC(=NCC(O)c1ccco1)NCCCN1CCCCCC1.I. The van der Waals surface area contributed by atoms with Crippen LogP contribution >= 0.6 is 24.0 Å². The molecule has 0 amide bonds. The van der Waals surface area contributed by atoms with Crippen molar-refractivity contribution < 1.29 is 9.52 Å². The van der Waals surface area contributed by atoms with Gasteiger partial charge in [-0.2, -0.15) is 0 Å². The van der Waals surface area contributed by atoms with Gasteiger partial charge in [-0.15, -0.1) is 24.0 Å². The Morgan fingerprint density at radius 1 is 1.28 bits per heavy atom. The summed E-state index contributed by atoms with van der Waals surface area (Å²) in [5.74, 6) is 1.30. The van der Waals surface area contributed by atoms with Crippen LogP contribution in [-0.2, 0) is 0 Å². The zero-order chi connectivity index (χ0) is 17.0. The topological polar surface area (TPSA) is 73.0 Å². The van der Waals surface area contributed by atoms with Crippen LogP contribution < -0.4 is 10.6 Å². The summed E-state index contributed by atoms with van der Waals surface area (Å²) in [5, 5.41) is 16.6. The van der Waals surface area contributed by atoms with E-state index in [1.165, 1.54) is 38.8 Å². The van der Waals surface area contributed by atoms with Gasteiger partial charge in [-0.25, -0.2) is 0 Å². The van der Waals surface area contributed by atoms with Crippen LogP contribution in [0.15, 0.2) is 27.8 Å². The van der Waals surface area contributed by atoms with E-state index in [1.54, 1.807) is 18.4 Å². The average molecular weight is 464 g/mol. The third-order valence-electron chi connectivity index (χ3n) is 4.28. The molecule has 0 bridgehead atoms. The highest BCUT2D eigenvalue weighted by Crippen LogP contribution is 2.13. The smallest absolute Gasteiger partial charge is 0.191 e. The predicted octanol–water partition coefficient (Wildman–Crippen LogP) is 2.75. The maximum Gasteiger partial charge on any atom is 0.191 e. The highest BCUT2D eigenvalue weighted by molar-refractivity contribution is 14.0. The zero-order valence-corrected chi connectivity index (χ0v) is 17.6. The first-order valence-electron chi connectivity index (χ1n) is 9.25. The molecule has 2 heterocycles. The lowest BCUT2D eigenvalue weighted by Gasteiger charge is -2.20. The largest absolute Gasteiger partial charge is 0.467 e. The van der Waals surface area contributed by atoms with Crippen LogP contribution in [0.2, 0.25) is 0 Å². The molecule has 25 heavy (non-hydrogen) atoms. The molecule has 1 atom stereocenters. The summed E-state index contributed by atoms with van der Waals surface area (Å²) < 4.78 is 5.20. The molecule has 0 radical (unpaired) electrons. The van der Waals surface area contributed by atoms with E-state index >= 15 is 0 Å². The molecule has 1 unspecified atom stereocenters. The van der Waals surface area contributed by atoms with Crippen molar-refractivity contribution in [3.05, 3.63) is 24.2 Å². The third kappa shape index (κ3) is 8.91. The number of guanidine groups is 1. The number of rotatable bonds is 8. The number of nitrogens with one attached hydrogen (secondary N) is 2. The van der Waals surface area contributed by atoms with E-state index in [1.807, 2.05) is 6.92 Å². The van der Waals surface area contributed by atoms with Gasteiger partial charge in [0.25, 0.3) is 0 Å². The lowest BCUT2D eigenvalue weighted by Crippen LogP contribution is -2.39. The number of furan rings is 1. The number of aliphatic hydroxyl groups is 1. The molecule has 1 fully saturated rings. The van der Waals surface area contributed by atoms with Gasteiger partial charge in [-0.3, -0.25) is 4.99 Å². The number of hydrogen-bond acceptors (Lipinski definition) is 4. The van der Waals surface area contributed by atoms with Crippen LogP contribution in [0.4, 0.5) is 0 Å². The van der Waals surface area contributed by atoms with E-state index in [0.29, 0.717) is 5.76 Å². The summed E-state index contributed by atoms with van der Waals surface area (Å²) in [5.41, 5.74) is 0. The van der Waals surface area contributed by atoms with E-state index in [9.17, 15) is 5.11 Å². The normalized spacial score (nSPS) is 17.4. The number of nitrogens with zero attached hydrogens (tertiary/aromatic N) is 2. The lowest BCUT2D eigenvalue weighted by atomic mass is 10.2. The van der Waals surface area contributed by atoms with Crippen molar-refractivity contribution in [1.82, 2.24) is 15.5 Å². The van der Waals surface area contributed by atoms with Crippen molar-refractivity contribution in [2.24, 2.45) is 4.99 Å². The van der Waals surface area contributed by atoms with Crippen LogP contribution in [0.5, 0.6) is 0 Å². The lowest BCUT2D eigenvalue weighted by molar-refractivity contribution is 0.158. The molecule has 2 rings (SSSR count). The maximum atomic E-state index is 10.0. The molecule has 0 spiro atoms. The summed E-state index contributed by atoms with van der Waals surface area (Å²) in [7, 11) is 0. The monoisotopic (exact) mass is 464 g/mol. The van der Waals surface area contributed by atoms with Crippen molar-refractivity contribution in [1.29, 1.82) is 0 Å². The minimum atomic E-state index is -0.701. The van der Waals surface area contributed by atoms with Crippen molar-refractivity contribution in [2.45, 2.75) is 45.1 Å². The van der Waals surface area contributed by atoms with E-state index < -0.39 is 6.10 Å². The number of halogens is 1. The molecule has 0 saturated carbocycles. The molecule has 1 aromatic rings. The summed E-state index contributed by atoms with van der Waals surface area (Å²) in [6.07, 6.45) is 7.39. The van der Waals surface area contributed by atoms with E-state index in [0.717, 1.165) is 32.0 Å². The summed E-state index contributed by atoms with van der Waals surface area (Å²) in [6.45, 7) is 7.63. The second kappa shape index (κ2) is 13.4. The molecule has 3 N–H and O–H groups in total. The van der Waals surface area contributed by atoms with Gasteiger partial charge in [0.15, 0.2) is 5.96 Å². The molecule has 1 aromatic heterocycles. The van der Waals surface area contributed by atoms with Crippen LogP contribution in [0.1, 0.15) is 50.9 Å². The molecule has 0 aliphatic carbocycles. The quantitative estimate of drug-likeness (QED) is 0.239. The molecule has 6 nitrogen and oxygen atoms in total. The van der Waals surface area contributed by atoms with Gasteiger partial charge in [0, 0.05) is 13.1 Å². The minimum Gasteiger partial charge on any atom is -0.467 e. The van der Waals surface area contributed by atoms with Crippen molar-refractivity contribution in [3.63, 3.8) is 0 Å². The van der Waals surface area contributed by atoms with E-state index in [4.69, 9.17) is 4.42 Å². The summed E-state index contributed by atoms with van der Waals surface area (Å²) in [4.78, 5) is 7.01. The average Bonchev–Trinajstić information content (AvgIpc) is 3.01. The number of hydrogen-bond donors (Lipinski definition) is 3. The van der Waals surface area contributed by atoms with Crippen LogP contribution in [-0.4, -0.2) is 55.2 Å². The summed E-state index contributed by atoms with van der Waals surface area (Å²) in [6, 6.07) is 3.54. The second-order valence-corrected chi connectivity index (χ2v) is 6.29. The number of likely N-dealkylation sites (tertiary alicyclic amines) is 1. The van der Waals surface area contributed by atoms with Gasteiger partial charge in [0.1, 0.15) is 11.9 Å². The van der Waals surface area contributed by atoms with Crippen LogP contribution in [0, 0.1) is 0 Å². The van der Waals surface area contributed by atoms with Crippen LogP contribution in [0.25, 0.3) is 0 Å². The fraction of sp³-hybridized carbons (Fsp3) is 0.722. The predicted molar refractivity (Wildman–Crippen MR) is 113 cm³/mol. The third-order valence-corrected chi connectivity index (χ3v) is 4.28. The Balaban J connectivity index is 0.00000312. The minimum absolute atomic E-state index is 0. The second-order valence-electron chi connectivity index (χ2n) is 6.29. The molecule has 1 saturated heterocycles. The van der Waals surface area contributed by atoms with E-state index in [2.05, 4.69) is 20.5 Å². The highest BCUT2D eigenvalue weighted by Gasteiger charge is 2.10. The Hall–Kier alpha value is -0.800. The molecule has 1 aliphatic heterocycles. The molecule has 144 valence electrons. The van der Waals surface area contributed by atoms with Gasteiger partial charge >= 0.3 is 0 Å². The van der Waals surface area contributed by atoms with Crippen molar-refractivity contribution in [3.8, 4) is 0 Å². The highest BCUT2D eigenvalue weighted by atomic mass is 127. The Morgan fingerprint density at radius 2 is 2.04 bits per heavy atom. The maximum absolute atomic E-state index is 10.0. The fourth-order valence-electron chi connectivity index (χ4n) is 2.96. The van der Waals surface area contributed by atoms with Gasteiger partial charge in [0.05, 0.1) is 12.8 Å². The Kier molecular flexibility index (Phi) is 11.9. The molecule has 7 heteroatoms. The molecular weight excluding hydrogens is 431 g/mol. The van der Waals surface area contributed by atoms with Gasteiger partial charge < -0.3 is 25.1 Å². The van der Waals surface area contributed by atoms with Crippen LogP contribution in [0.3, 0.4) is 0 Å². The van der Waals surface area contributed by atoms with E-state index in [-0.39, 0.29) is 30.5 Å². The number of aliphatic imine (C=N–C) groups is 1. The summed E-state index contributed by atoms with van der Waals surface area (Å²) >= 11 is 0. The molecular formula is C18H33IN4O2. The van der Waals surface area contributed by atoms with Gasteiger partial charge in [-0.05, 0) is 58.0 Å². The number of aliphatic hydroxyl groups excluding tert-OH is 1. The van der Waals surface area contributed by atoms with Gasteiger partial charge in [0.2, 0.25) is 0 Å². The molecule has 1 aliphatic rings. The Bertz CT molecular complexity index is 460. The standard InChI is InChI=1S/C18H32N4O2.HI/c1-2-19-18(21-15-16(23)17-9-7-14-24-17)20-10-8-13-22-11-5-3-4-6-12-22;/h7,9,14,16,23H,2-6,8,10-13,15H2,1H3,(H2,19,20,21);1H. The first-order valence-corrected chi connectivity index (χ1v) is 9.25. The van der Waals surface area contributed by atoms with Crippen molar-refractivity contribution in [2.75, 3.05) is 39.3 Å². The first-order chi connectivity index (χ1) is 11.8. The fourth-order valence-corrected chi connectivity index (χ4v) is 2.96. The zero-order valence-electron chi connectivity index (χ0n) is 15.2. The van der Waals surface area contributed by atoms with Crippen molar-refractivity contribution >= 4 is 29.9 Å². The first kappa shape index (κ1) is 22.2. The molecule has 0 aromatic carbocycles. The Labute approximate surface area is 168 Å².